The van der Waals surface area contributed by atoms with E-state index in [0.717, 1.165) is 44.0 Å². The molecule has 1 amide bonds. The molecule has 2 saturated heterocycles. The fourth-order valence-corrected chi connectivity index (χ4v) is 7.09. The minimum absolute atomic E-state index is 0.0938. The maximum Gasteiger partial charge on any atom is 0.222 e. The summed E-state index contributed by atoms with van der Waals surface area (Å²) in [5.41, 5.74) is 3.84. The molecule has 40 heavy (non-hydrogen) atoms. The molecule has 0 saturated carbocycles. The lowest BCUT2D eigenvalue weighted by molar-refractivity contribution is -0.129. The third kappa shape index (κ3) is 6.18. The number of hydrogen-bond donors (Lipinski definition) is 0. The Bertz CT molecular complexity index is 1420. The topological polar surface area (TPSA) is 42.0 Å². The molecule has 0 radical (unpaired) electrons. The summed E-state index contributed by atoms with van der Waals surface area (Å²) in [5, 5.41) is 1.32. The van der Waals surface area contributed by atoms with Crippen LogP contribution in [0.5, 0.6) is 11.5 Å². The fraction of sp³-hybridized carbons (Fsp3) is 0.382. The van der Waals surface area contributed by atoms with Crippen LogP contribution in [0.4, 0.5) is 0 Å². The number of thiophene rings is 1. The molecule has 6 rings (SSSR count). The van der Waals surface area contributed by atoms with E-state index in [1.807, 2.05) is 16.2 Å². The third-order valence-corrected chi connectivity index (χ3v) is 9.39. The van der Waals surface area contributed by atoms with E-state index < -0.39 is 0 Å². The molecule has 208 valence electrons. The van der Waals surface area contributed by atoms with Gasteiger partial charge in [0.15, 0.2) is 0 Å². The quantitative estimate of drug-likeness (QED) is 0.200. The van der Waals surface area contributed by atoms with Crippen LogP contribution in [0.2, 0.25) is 0 Å². The molecule has 2 aliphatic heterocycles. The number of likely N-dealkylation sites (tertiary alicyclic amines) is 2. The Morgan fingerprint density at radius 2 is 1.57 bits per heavy atom. The molecule has 4 aromatic rings. The summed E-state index contributed by atoms with van der Waals surface area (Å²) in [5.74, 6) is 2.02. The average molecular weight is 555 g/mol. The van der Waals surface area contributed by atoms with E-state index in [2.05, 4.69) is 84.6 Å². The molecule has 0 bridgehead atoms. The number of amides is 1. The Labute approximate surface area is 241 Å². The van der Waals surface area contributed by atoms with E-state index >= 15 is 0 Å². The SMILES string of the molecule is C[C@@H](COc1ccc(Cc2c(-c3ccc(OCCN4CCCC4)cc3)sc3ccccc23)cc1)N1CCCC1=O. The van der Waals surface area contributed by atoms with Crippen LogP contribution >= 0.6 is 11.3 Å². The summed E-state index contributed by atoms with van der Waals surface area (Å²) < 4.78 is 13.4. The Morgan fingerprint density at radius 3 is 2.33 bits per heavy atom. The Balaban J connectivity index is 1.13. The number of ether oxygens (including phenoxy) is 2. The van der Waals surface area contributed by atoms with Gasteiger partial charge in [-0.15, -0.1) is 11.3 Å². The molecule has 1 atom stereocenters. The fourth-order valence-electron chi connectivity index (χ4n) is 5.86. The molecular weight excluding hydrogens is 516 g/mol. The van der Waals surface area contributed by atoms with Crippen LogP contribution in [-0.4, -0.2) is 61.1 Å². The molecule has 0 spiro atoms. The smallest absolute Gasteiger partial charge is 0.222 e. The van der Waals surface area contributed by atoms with Crippen LogP contribution in [0.1, 0.15) is 43.7 Å². The molecule has 0 aliphatic carbocycles. The van der Waals surface area contributed by atoms with Crippen LogP contribution in [0.15, 0.2) is 72.8 Å². The minimum Gasteiger partial charge on any atom is -0.492 e. The van der Waals surface area contributed by atoms with Gasteiger partial charge >= 0.3 is 0 Å². The minimum atomic E-state index is 0.0938. The van der Waals surface area contributed by atoms with Crippen molar-refractivity contribution in [1.29, 1.82) is 0 Å². The Kier molecular flexibility index (Phi) is 8.35. The number of rotatable bonds is 11. The number of benzene rings is 3. The van der Waals surface area contributed by atoms with Gasteiger partial charge in [-0.25, -0.2) is 0 Å². The zero-order chi connectivity index (χ0) is 27.3. The van der Waals surface area contributed by atoms with Crippen molar-refractivity contribution >= 4 is 27.3 Å². The molecule has 5 nitrogen and oxygen atoms in total. The van der Waals surface area contributed by atoms with Crippen LogP contribution in [0.3, 0.4) is 0 Å². The molecule has 0 unspecified atom stereocenters. The molecule has 0 N–H and O–H groups in total. The predicted molar refractivity (Wildman–Crippen MR) is 164 cm³/mol. The first kappa shape index (κ1) is 26.9. The summed E-state index contributed by atoms with van der Waals surface area (Å²) >= 11 is 1.86. The van der Waals surface area contributed by atoms with Gasteiger partial charge in [0, 0.05) is 29.1 Å². The van der Waals surface area contributed by atoms with Crippen molar-refractivity contribution in [2.75, 3.05) is 39.4 Å². The van der Waals surface area contributed by atoms with E-state index in [4.69, 9.17) is 9.47 Å². The molecular formula is C34H38N2O3S. The molecule has 6 heteroatoms. The second-order valence-corrected chi connectivity index (χ2v) is 12.1. The first-order chi connectivity index (χ1) is 19.6. The van der Waals surface area contributed by atoms with Gasteiger partial charge in [0.05, 0.1) is 6.04 Å². The summed E-state index contributed by atoms with van der Waals surface area (Å²) in [6.07, 6.45) is 5.09. The van der Waals surface area contributed by atoms with Gasteiger partial charge in [-0.2, -0.15) is 0 Å². The number of nitrogens with zero attached hydrogens (tertiary/aromatic N) is 2. The second kappa shape index (κ2) is 12.4. The molecule has 2 aliphatic rings. The Morgan fingerprint density at radius 1 is 0.850 bits per heavy atom. The van der Waals surface area contributed by atoms with E-state index in [0.29, 0.717) is 13.0 Å². The standard InChI is InChI=1S/C34H38N2O3S/c1-25(36-20-6-9-33(36)37)24-39-29-14-10-26(11-15-29)23-31-30-7-2-3-8-32(30)40-34(31)27-12-16-28(17-13-27)38-22-21-35-18-4-5-19-35/h2-3,7-8,10-17,25H,4-6,9,18-24H2,1H3/t25-/m0/s1. The summed E-state index contributed by atoms with van der Waals surface area (Å²) in [6.45, 7) is 7.57. The maximum absolute atomic E-state index is 12.0. The van der Waals surface area contributed by atoms with Gasteiger partial charge in [-0.05, 0) is 110 Å². The number of fused-ring (bicyclic) bond motifs is 1. The first-order valence-corrected chi connectivity index (χ1v) is 15.4. The largest absolute Gasteiger partial charge is 0.492 e. The monoisotopic (exact) mass is 554 g/mol. The highest BCUT2D eigenvalue weighted by molar-refractivity contribution is 7.22. The van der Waals surface area contributed by atoms with E-state index in [-0.39, 0.29) is 11.9 Å². The normalized spacial score (nSPS) is 16.6. The van der Waals surface area contributed by atoms with Crippen molar-refractivity contribution in [1.82, 2.24) is 9.80 Å². The van der Waals surface area contributed by atoms with Gasteiger partial charge in [-0.3, -0.25) is 9.69 Å². The summed E-state index contributed by atoms with van der Waals surface area (Å²) in [7, 11) is 0. The van der Waals surface area contributed by atoms with E-state index in [1.54, 1.807) is 0 Å². The highest BCUT2D eigenvalue weighted by atomic mass is 32.1. The van der Waals surface area contributed by atoms with Gasteiger partial charge in [0.2, 0.25) is 5.91 Å². The van der Waals surface area contributed by atoms with Gasteiger partial charge < -0.3 is 14.4 Å². The van der Waals surface area contributed by atoms with Crippen LogP contribution < -0.4 is 9.47 Å². The Hall–Kier alpha value is -3.35. The zero-order valence-electron chi connectivity index (χ0n) is 23.3. The lowest BCUT2D eigenvalue weighted by Crippen LogP contribution is -2.38. The van der Waals surface area contributed by atoms with Crippen molar-refractivity contribution in [3.63, 3.8) is 0 Å². The highest BCUT2D eigenvalue weighted by Gasteiger charge is 2.25. The lowest BCUT2D eigenvalue weighted by atomic mass is 9.99. The molecule has 3 aromatic carbocycles. The van der Waals surface area contributed by atoms with Gasteiger partial charge in [-0.1, -0.05) is 30.3 Å². The van der Waals surface area contributed by atoms with Crippen LogP contribution in [0, 0.1) is 0 Å². The molecule has 3 heterocycles. The number of carbonyl (C=O) groups excluding carboxylic acids is 1. The predicted octanol–water partition coefficient (Wildman–Crippen LogP) is 7.02. The van der Waals surface area contributed by atoms with Gasteiger partial charge in [0.1, 0.15) is 24.7 Å². The van der Waals surface area contributed by atoms with Crippen molar-refractivity contribution < 1.29 is 14.3 Å². The first-order valence-electron chi connectivity index (χ1n) is 14.6. The van der Waals surface area contributed by atoms with Crippen LogP contribution in [0.25, 0.3) is 20.5 Å². The number of hydrogen-bond acceptors (Lipinski definition) is 5. The summed E-state index contributed by atoms with van der Waals surface area (Å²) in [4.78, 5) is 17.7. The average Bonchev–Trinajstić information content (AvgIpc) is 3.74. The van der Waals surface area contributed by atoms with Crippen molar-refractivity contribution in [3.8, 4) is 21.9 Å². The maximum atomic E-state index is 12.0. The lowest BCUT2D eigenvalue weighted by Gasteiger charge is -2.24. The van der Waals surface area contributed by atoms with Crippen molar-refractivity contribution in [2.45, 2.75) is 45.1 Å². The van der Waals surface area contributed by atoms with Crippen LogP contribution in [-0.2, 0) is 11.2 Å². The molecule has 1 aromatic heterocycles. The second-order valence-electron chi connectivity index (χ2n) is 11.0. The van der Waals surface area contributed by atoms with Gasteiger partial charge in [0.25, 0.3) is 0 Å². The number of carbonyl (C=O) groups is 1. The highest BCUT2D eigenvalue weighted by Crippen LogP contribution is 2.40. The van der Waals surface area contributed by atoms with Crippen molar-refractivity contribution in [3.05, 3.63) is 83.9 Å². The third-order valence-electron chi connectivity index (χ3n) is 8.13. The van der Waals surface area contributed by atoms with E-state index in [9.17, 15) is 4.79 Å². The zero-order valence-corrected chi connectivity index (χ0v) is 24.1. The van der Waals surface area contributed by atoms with Crippen molar-refractivity contribution in [2.24, 2.45) is 0 Å². The van der Waals surface area contributed by atoms with E-state index in [1.165, 1.54) is 57.6 Å². The molecule has 2 fully saturated rings. The summed E-state index contributed by atoms with van der Waals surface area (Å²) in [6, 6.07) is 25.8.